The van der Waals surface area contributed by atoms with Gasteiger partial charge in [-0.2, -0.15) is 4.39 Å². The number of amides is 2. The fraction of sp³-hybridized carbons (Fsp3) is 0.0714. The monoisotopic (exact) mass is 273 g/mol. The van der Waals surface area contributed by atoms with Gasteiger partial charge in [0.05, 0.1) is 12.0 Å². The first-order valence-electron chi connectivity index (χ1n) is 5.86. The van der Waals surface area contributed by atoms with E-state index >= 15 is 0 Å². The smallest absolute Gasteiger partial charge is 0.260 e. The standard InChI is InChI=1S/C14H12FN3O2/c15-13-10(5-3-7-17-13)14(20)18-11-6-2-1-4-9(11)8-12(16)19/h1-7H,8H2,(H2,16,19)(H,18,20). The van der Waals surface area contributed by atoms with Gasteiger partial charge in [0.1, 0.15) is 0 Å². The lowest BCUT2D eigenvalue weighted by molar-refractivity contribution is -0.117. The lowest BCUT2D eigenvalue weighted by atomic mass is 10.1. The van der Waals surface area contributed by atoms with E-state index in [-0.39, 0.29) is 12.0 Å². The number of nitrogens with zero attached hydrogens (tertiary/aromatic N) is 1. The first-order valence-corrected chi connectivity index (χ1v) is 5.86. The Morgan fingerprint density at radius 2 is 1.95 bits per heavy atom. The number of primary amides is 1. The number of pyridine rings is 1. The molecule has 5 nitrogen and oxygen atoms in total. The topological polar surface area (TPSA) is 85.1 Å². The van der Waals surface area contributed by atoms with Crippen molar-refractivity contribution in [2.75, 3.05) is 5.32 Å². The largest absolute Gasteiger partial charge is 0.369 e. The Kier molecular flexibility index (Phi) is 4.05. The van der Waals surface area contributed by atoms with Crippen LogP contribution in [0.15, 0.2) is 42.6 Å². The summed E-state index contributed by atoms with van der Waals surface area (Å²) in [4.78, 5) is 26.3. The Hall–Kier alpha value is -2.76. The first kappa shape index (κ1) is 13.7. The number of anilines is 1. The second kappa shape index (κ2) is 5.92. The summed E-state index contributed by atoms with van der Waals surface area (Å²) in [5, 5.41) is 2.55. The maximum atomic E-state index is 13.4. The van der Waals surface area contributed by atoms with Crippen molar-refractivity contribution >= 4 is 17.5 Å². The quantitative estimate of drug-likeness (QED) is 0.828. The van der Waals surface area contributed by atoms with E-state index in [0.29, 0.717) is 11.3 Å². The molecule has 0 unspecified atom stereocenters. The fourth-order valence-electron chi connectivity index (χ4n) is 1.73. The maximum absolute atomic E-state index is 13.4. The Bertz CT molecular complexity index is 658. The third-order valence-electron chi connectivity index (χ3n) is 2.63. The molecule has 2 amide bonds. The summed E-state index contributed by atoms with van der Waals surface area (Å²) in [5.74, 6) is -2.00. The van der Waals surface area contributed by atoms with Gasteiger partial charge in [-0.15, -0.1) is 0 Å². The zero-order chi connectivity index (χ0) is 14.5. The number of carbonyl (C=O) groups excluding carboxylic acids is 2. The summed E-state index contributed by atoms with van der Waals surface area (Å²) in [7, 11) is 0. The molecule has 0 saturated heterocycles. The SMILES string of the molecule is NC(=O)Cc1ccccc1NC(=O)c1cccnc1F. The van der Waals surface area contributed by atoms with E-state index in [1.54, 1.807) is 24.3 Å². The minimum Gasteiger partial charge on any atom is -0.369 e. The molecular formula is C14H12FN3O2. The van der Waals surface area contributed by atoms with Crippen molar-refractivity contribution in [2.24, 2.45) is 5.73 Å². The van der Waals surface area contributed by atoms with Gasteiger partial charge >= 0.3 is 0 Å². The number of rotatable bonds is 4. The van der Waals surface area contributed by atoms with Gasteiger partial charge in [0.2, 0.25) is 11.9 Å². The zero-order valence-electron chi connectivity index (χ0n) is 10.5. The second-order valence-corrected chi connectivity index (χ2v) is 4.10. The molecule has 1 heterocycles. The molecule has 3 N–H and O–H groups in total. The van der Waals surface area contributed by atoms with E-state index in [2.05, 4.69) is 10.3 Å². The van der Waals surface area contributed by atoms with Crippen LogP contribution in [0.4, 0.5) is 10.1 Å². The number of hydrogen-bond acceptors (Lipinski definition) is 3. The minimum absolute atomic E-state index is 0.00796. The summed E-state index contributed by atoms with van der Waals surface area (Å²) in [5.41, 5.74) is 5.96. The molecule has 102 valence electrons. The first-order chi connectivity index (χ1) is 9.58. The van der Waals surface area contributed by atoms with E-state index in [1.165, 1.54) is 18.3 Å². The Morgan fingerprint density at radius 3 is 2.65 bits per heavy atom. The highest BCUT2D eigenvalue weighted by Crippen LogP contribution is 2.17. The molecule has 1 aromatic carbocycles. The van der Waals surface area contributed by atoms with Crippen LogP contribution in [0.3, 0.4) is 0 Å². The van der Waals surface area contributed by atoms with Crippen molar-refractivity contribution in [3.63, 3.8) is 0 Å². The van der Waals surface area contributed by atoms with E-state index in [4.69, 9.17) is 5.73 Å². The van der Waals surface area contributed by atoms with Gasteiger partial charge in [-0.05, 0) is 23.8 Å². The summed E-state index contributed by atoms with van der Waals surface area (Å²) in [6, 6.07) is 9.49. The number of para-hydroxylation sites is 1. The average molecular weight is 273 g/mol. The summed E-state index contributed by atoms with van der Waals surface area (Å²) in [6.07, 6.45) is 1.25. The Labute approximate surface area is 114 Å². The molecule has 0 spiro atoms. The van der Waals surface area contributed by atoms with E-state index in [9.17, 15) is 14.0 Å². The summed E-state index contributed by atoms with van der Waals surface area (Å²) >= 11 is 0. The molecule has 2 rings (SSSR count). The molecule has 0 fully saturated rings. The number of carbonyl (C=O) groups is 2. The van der Waals surface area contributed by atoms with E-state index in [0.717, 1.165) is 0 Å². The van der Waals surface area contributed by atoms with Crippen molar-refractivity contribution in [3.05, 3.63) is 59.7 Å². The fourth-order valence-corrected chi connectivity index (χ4v) is 1.73. The van der Waals surface area contributed by atoms with E-state index in [1.807, 2.05) is 0 Å². The molecule has 6 heteroatoms. The normalized spacial score (nSPS) is 10.1. The molecule has 0 saturated carbocycles. The van der Waals surface area contributed by atoms with Crippen molar-refractivity contribution in [2.45, 2.75) is 6.42 Å². The predicted octanol–water partition coefficient (Wildman–Crippen LogP) is 1.50. The Balaban J connectivity index is 2.24. The molecule has 0 atom stereocenters. The van der Waals surface area contributed by atoms with Crippen LogP contribution in [0.25, 0.3) is 0 Å². The van der Waals surface area contributed by atoms with Crippen LogP contribution in [-0.2, 0) is 11.2 Å². The van der Waals surface area contributed by atoms with E-state index < -0.39 is 17.8 Å². The molecule has 0 bridgehead atoms. The minimum atomic E-state index is -0.850. The molecule has 1 aromatic heterocycles. The van der Waals surface area contributed by atoms with Gasteiger partial charge in [-0.3, -0.25) is 9.59 Å². The van der Waals surface area contributed by atoms with Crippen LogP contribution in [0, 0.1) is 5.95 Å². The highest BCUT2D eigenvalue weighted by atomic mass is 19.1. The van der Waals surface area contributed by atoms with Gasteiger partial charge < -0.3 is 11.1 Å². The van der Waals surface area contributed by atoms with Crippen molar-refractivity contribution < 1.29 is 14.0 Å². The third kappa shape index (κ3) is 3.17. The van der Waals surface area contributed by atoms with Gasteiger partial charge in [0, 0.05) is 11.9 Å². The van der Waals surface area contributed by atoms with Crippen molar-refractivity contribution in [1.29, 1.82) is 0 Å². The molecule has 20 heavy (non-hydrogen) atoms. The molecular weight excluding hydrogens is 261 g/mol. The molecule has 0 aliphatic rings. The lowest BCUT2D eigenvalue weighted by Crippen LogP contribution is -2.18. The second-order valence-electron chi connectivity index (χ2n) is 4.10. The summed E-state index contributed by atoms with van der Waals surface area (Å²) < 4.78 is 13.4. The van der Waals surface area contributed by atoms with Gasteiger partial charge in [0.25, 0.3) is 5.91 Å². The highest BCUT2D eigenvalue weighted by Gasteiger charge is 2.14. The van der Waals surface area contributed by atoms with Crippen LogP contribution in [0.1, 0.15) is 15.9 Å². The van der Waals surface area contributed by atoms with Crippen molar-refractivity contribution in [3.8, 4) is 0 Å². The molecule has 0 radical (unpaired) electrons. The van der Waals surface area contributed by atoms with Crippen molar-refractivity contribution in [1.82, 2.24) is 4.98 Å². The van der Waals surface area contributed by atoms with Crippen LogP contribution in [0.5, 0.6) is 0 Å². The number of halogens is 1. The van der Waals surface area contributed by atoms with Gasteiger partial charge in [0.15, 0.2) is 0 Å². The highest BCUT2D eigenvalue weighted by molar-refractivity contribution is 6.04. The predicted molar refractivity (Wildman–Crippen MR) is 71.5 cm³/mol. The van der Waals surface area contributed by atoms with Crippen LogP contribution in [-0.4, -0.2) is 16.8 Å². The third-order valence-corrected chi connectivity index (χ3v) is 2.63. The molecule has 0 aliphatic carbocycles. The molecule has 0 aliphatic heterocycles. The van der Waals surface area contributed by atoms with Gasteiger partial charge in [-0.1, -0.05) is 18.2 Å². The number of benzene rings is 1. The molecule has 2 aromatic rings. The lowest BCUT2D eigenvalue weighted by Gasteiger charge is -2.10. The van der Waals surface area contributed by atoms with Crippen LogP contribution < -0.4 is 11.1 Å². The van der Waals surface area contributed by atoms with Crippen LogP contribution >= 0.6 is 0 Å². The average Bonchev–Trinajstić information content (AvgIpc) is 2.41. The maximum Gasteiger partial charge on any atom is 0.260 e. The Morgan fingerprint density at radius 1 is 1.20 bits per heavy atom. The summed E-state index contributed by atoms with van der Waals surface area (Å²) in [6.45, 7) is 0. The van der Waals surface area contributed by atoms with Gasteiger partial charge in [-0.25, -0.2) is 4.98 Å². The number of nitrogens with two attached hydrogens (primary N) is 1. The zero-order valence-corrected chi connectivity index (χ0v) is 10.5. The number of nitrogens with one attached hydrogen (secondary N) is 1. The number of aromatic nitrogens is 1. The van der Waals surface area contributed by atoms with Crippen LogP contribution in [0.2, 0.25) is 0 Å². The number of hydrogen-bond donors (Lipinski definition) is 2.